The van der Waals surface area contributed by atoms with Gasteiger partial charge in [0, 0.05) is 11.1 Å². The summed E-state index contributed by atoms with van der Waals surface area (Å²) in [5.74, 6) is 0. The molecule has 0 aromatic rings. The summed E-state index contributed by atoms with van der Waals surface area (Å²) in [5, 5.41) is 0. The Labute approximate surface area is 76.7 Å². The molecule has 12 heavy (non-hydrogen) atoms. The van der Waals surface area contributed by atoms with E-state index in [4.69, 9.17) is 11.5 Å². The Hall–Kier alpha value is -0.0800. The Balaban J connectivity index is 4.44. The van der Waals surface area contributed by atoms with Crippen LogP contribution in [0.3, 0.4) is 0 Å². The van der Waals surface area contributed by atoms with Crippen LogP contribution in [0, 0.1) is 5.41 Å². The molecule has 74 valence electrons. The van der Waals surface area contributed by atoms with Crippen LogP contribution in [0.1, 0.15) is 48.0 Å². The zero-order valence-corrected chi connectivity index (χ0v) is 9.36. The van der Waals surface area contributed by atoms with Crippen molar-refractivity contribution in [2.75, 3.05) is 0 Å². The Morgan fingerprint density at radius 1 is 0.833 bits per heavy atom. The van der Waals surface area contributed by atoms with E-state index in [1.165, 1.54) is 0 Å². The molecule has 0 saturated heterocycles. The Morgan fingerprint density at radius 2 is 1.17 bits per heavy atom. The molecule has 0 bridgehead atoms. The lowest BCUT2D eigenvalue weighted by molar-refractivity contribution is 0.150. The van der Waals surface area contributed by atoms with Crippen molar-refractivity contribution in [3.63, 3.8) is 0 Å². The highest BCUT2D eigenvalue weighted by molar-refractivity contribution is 4.94. The molecule has 0 rings (SSSR count). The third kappa shape index (κ3) is 3.55. The van der Waals surface area contributed by atoms with E-state index in [1.54, 1.807) is 0 Å². The first-order chi connectivity index (χ1) is 4.96. The first-order valence-electron chi connectivity index (χ1n) is 4.53. The molecule has 0 aromatic heterocycles. The van der Waals surface area contributed by atoms with Gasteiger partial charge in [0.1, 0.15) is 0 Å². The maximum absolute atomic E-state index is 6.06. The largest absolute Gasteiger partial charge is 0.326 e. The first kappa shape index (κ1) is 11.9. The second-order valence-electron chi connectivity index (χ2n) is 5.77. The molecule has 0 fully saturated rings. The van der Waals surface area contributed by atoms with Gasteiger partial charge in [-0.15, -0.1) is 0 Å². The topological polar surface area (TPSA) is 52.0 Å². The van der Waals surface area contributed by atoms with Crippen molar-refractivity contribution in [3.8, 4) is 0 Å². The second kappa shape index (κ2) is 3.00. The van der Waals surface area contributed by atoms with Gasteiger partial charge in [0.05, 0.1) is 0 Å². The number of hydrogen-bond donors (Lipinski definition) is 2. The van der Waals surface area contributed by atoms with Crippen molar-refractivity contribution < 1.29 is 0 Å². The van der Waals surface area contributed by atoms with Crippen LogP contribution < -0.4 is 11.5 Å². The lowest BCUT2D eigenvalue weighted by Gasteiger charge is -2.42. The molecular weight excluding hydrogens is 148 g/mol. The van der Waals surface area contributed by atoms with Crippen molar-refractivity contribution in [2.24, 2.45) is 16.9 Å². The van der Waals surface area contributed by atoms with E-state index in [1.807, 2.05) is 13.8 Å². The molecule has 0 aliphatic carbocycles. The van der Waals surface area contributed by atoms with E-state index in [2.05, 4.69) is 27.7 Å². The fourth-order valence-corrected chi connectivity index (χ4v) is 1.37. The minimum absolute atomic E-state index is 0.0747. The van der Waals surface area contributed by atoms with E-state index in [0.717, 1.165) is 6.42 Å². The van der Waals surface area contributed by atoms with E-state index in [0.29, 0.717) is 0 Å². The van der Waals surface area contributed by atoms with Crippen molar-refractivity contribution in [3.05, 3.63) is 0 Å². The standard InChI is InChI=1S/C10H24N2/c1-8(2,10(5,6)12)7-9(3,4)11/h7,11-12H2,1-6H3. The normalized spacial score (nSPS) is 15.0. The summed E-state index contributed by atoms with van der Waals surface area (Å²) in [7, 11) is 0. The maximum Gasteiger partial charge on any atom is 0.0149 e. The van der Waals surface area contributed by atoms with Crippen LogP contribution in [-0.2, 0) is 0 Å². The summed E-state index contributed by atoms with van der Waals surface area (Å²) in [6.07, 6.45) is 0.934. The van der Waals surface area contributed by atoms with Crippen molar-refractivity contribution in [1.29, 1.82) is 0 Å². The molecule has 0 spiro atoms. The first-order valence-corrected chi connectivity index (χ1v) is 4.53. The van der Waals surface area contributed by atoms with Crippen LogP contribution in [-0.4, -0.2) is 11.1 Å². The summed E-state index contributed by atoms with van der Waals surface area (Å²) in [4.78, 5) is 0. The minimum Gasteiger partial charge on any atom is -0.326 e. The van der Waals surface area contributed by atoms with Crippen LogP contribution in [0.5, 0.6) is 0 Å². The second-order valence-corrected chi connectivity index (χ2v) is 5.77. The van der Waals surface area contributed by atoms with Gasteiger partial charge in [-0.05, 0) is 39.5 Å². The SMILES string of the molecule is CC(C)(N)CC(C)(C)C(C)(C)N. The Morgan fingerprint density at radius 3 is 1.25 bits per heavy atom. The highest BCUT2D eigenvalue weighted by Crippen LogP contribution is 2.35. The van der Waals surface area contributed by atoms with Crippen LogP contribution >= 0.6 is 0 Å². The lowest BCUT2D eigenvalue weighted by atomic mass is 9.69. The Bertz CT molecular complexity index is 146. The van der Waals surface area contributed by atoms with E-state index < -0.39 is 0 Å². The highest BCUT2D eigenvalue weighted by atomic mass is 14.8. The number of nitrogens with two attached hydrogens (primary N) is 2. The quantitative estimate of drug-likeness (QED) is 0.683. The zero-order chi connectivity index (χ0) is 10.2. The molecule has 0 aliphatic rings. The predicted molar refractivity (Wildman–Crippen MR) is 54.9 cm³/mol. The van der Waals surface area contributed by atoms with Crippen LogP contribution in [0.4, 0.5) is 0 Å². The molecule has 0 aromatic carbocycles. The molecule has 0 atom stereocenters. The smallest absolute Gasteiger partial charge is 0.0149 e. The molecule has 0 saturated carbocycles. The molecular formula is C10H24N2. The lowest BCUT2D eigenvalue weighted by Crippen LogP contribution is -2.52. The Kier molecular flexibility index (Phi) is 2.98. The maximum atomic E-state index is 6.06. The van der Waals surface area contributed by atoms with Gasteiger partial charge in [-0.3, -0.25) is 0 Å². The average Bonchev–Trinajstić information content (AvgIpc) is 1.52. The van der Waals surface area contributed by atoms with Crippen molar-refractivity contribution >= 4 is 0 Å². The van der Waals surface area contributed by atoms with E-state index in [-0.39, 0.29) is 16.5 Å². The predicted octanol–water partition coefficient (Wildman–Crippen LogP) is 1.88. The number of rotatable bonds is 3. The summed E-state index contributed by atoms with van der Waals surface area (Å²) in [6, 6.07) is 0. The molecule has 0 heterocycles. The van der Waals surface area contributed by atoms with Gasteiger partial charge in [0.2, 0.25) is 0 Å². The monoisotopic (exact) mass is 172 g/mol. The third-order valence-electron chi connectivity index (χ3n) is 2.64. The summed E-state index contributed by atoms with van der Waals surface area (Å²) >= 11 is 0. The summed E-state index contributed by atoms with van der Waals surface area (Å²) < 4.78 is 0. The van der Waals surface area contributed by atoms with Crippen LogP contribution in [0.2, 0.25) is 0 Å². The zero-order valence-electron chi connectivity index (χ0n) is 9.36. The minimum atomic E-state index is -0.177. The highest BCUT2D eigenvalue weighted by Gasteiger charge is 2.36. The molecule has 0 aliphatic heterocycles. The van der Waals surface area contributed by atoms with E-state index in [9.17, 15) is 0 Å². The molecule has 0 radical (unpaired) electrons. The summed E-state index contributed by atoms with van der Waals surface area (Å²) in [5.41, 5.74) is 11.8. The van der Waals surface area contributed by atoms with Gasteiger partial charge in [-0.2, -0.15) is 0 Å². The third-order valence-corrected chi connectivity index (χ3v) is 2.64. The molecule has 2 nitrogen and oxygen atoms in total. The number of hydrogen-bond acceptors (Lipinski definition) is 2. The van der Waals surface area contributed by atoms with Gasteiger partial charge in [0.15, 0.2) is 0 Å². The molecule has 0 unspecified atom stereocenters. The molecule has 2 heteroatoms. The van der Waals surface area contributed by atoms with Crippen molar-refractivity contribution in [1.82, 2.24) is 0 Å². The van der Waals surface area contributed by atoms with Crippen LogP contribution in [0.25, 0.3) is 0 Å². The van der Waals surface area contributed by atoms with Gasteiger partial charge in [-0.25, -0.2) is 0 Å². The van der Waals surface area contributed by atoms with Gasteiger partial charge in [-0.1, -0.05) is 13.8 Å². The van der Waals surface area contributed by atoms with Gasteiger partial charge < -0.3 is 11.5 Å². The van der Waals surface area contributed by atoms with Crippen LogP contribution in [0.15, 0.2) is 0 Å². The van der Waals surface area contributed by atoms with Crippen molar-refractivity contribution in [2.45, 2.75) is 59.0 Å². The van der Waals surface area contributed by atoms with Gasteiger partial charge >= 0.3 is 0 Å². The van der Waals surface area contributed by atoms with E-state index >= 15 is 0 Å². The molecule has 0 amide bonds. The van der Waals surface area contributed by atoms with Gasteiger partial charge in [0.25, 0.3) is 0 Å². The fraction of sp³-hybridized carbons (Fsp3) is 1.00. The summed E-state index contributed by atoms with van der Waals surface area (Å²) in [6.45, 7) is 12.5. The fourth-order valence-electron chi connectivity index (χ4n) is 1.37. The molecule has 4 N–H and O–H groups in total. The average molecular weight is 172 g/mol.